The highest BCUT2D eigenvalue weighted by Crippen LogP contribution is 2.16. The molecule has 0 aromatic carbocycles. The summed E-state index contributed by atoms with van der Waals surface area (Å²) in [4.78, 5) is 35.0. The quantitative estimate of drug-likeness (QED) is 0.496. The molecule has 0 spiro atoms. The van der Waals surface area contributed by atoms with E-state index in [9.17, 15) is 19.5 Å². The number of nitrogens with two attached hydrogens (primary N) is 2. The van der Waals surface area contributed by atoms with Gasteiger partial charge < -0.3 is 21.5 Å². The van der Waals surface area contributed by atoms with Crippen LogP contribution in [0, 0.1) is 0 Å². The molecule has 7 heteroatoms. The third-order valence-electron chi connectivity index (χ3n) is 2.49. The first kappa shape index (κ1) is 15.4. The molecular weight excluding hydrogens is 226 g/mol. The number of hydrogen-bond donors (Lipinski definition) is 3. The van der Waals surface area contributed by atoms with Crippen LogP contribution < -0.4 is 11.5 Å². The van der Waals surface area contributed by atoms with Gasteiger partial charge in [-0.15, -0.1) is 0 Å². The van der Waals surface area contributed by atoms with E-state index >= 15 is 0 Å². The van der Waals surface area contributed by atoms with Crippen molar-refractivity contribution in [2.24, 2.45) is 11.5 Å². The van der Waals surface area contributed by atoms with Gasteiger partial charge in [-0.3, -0.25) is 14.4 Å². The fourth-order valence-electron chi connectivity index (χ4n) is 1.46. The number of primary amides is 2. The fourth-order valence-corrected chi connectivity index (χ4v) is 1.46. The molecule has 1 atom stereocenters. The summed E-state index contributed by atoms with van der Waals surface area (Å²) in [5, 5.41) is 9.85. The van der Waals surface area contributed by atoms with Gasteiger partial charge in [0.1, 0.15) is 0 Å². The van der Waals surface area contributed by atoms with Crippen LogP contribution in [0.2, 0.25) is 0 Å². The molecule has 0 aromatic heterocycles. The summed E-state index contributed by atoms with van der Waals surface area (Å²) in [6.45, 7) is 4.42. The van der Waals surface area contributed by atoms with E-state index in [0.717, 1.165) is 0 Å². The standard InChI is InChI=1S/C10H19N3O4/c1-3-13(4-2)8(15)6-10(17,9(12)16)5-7(11)14/h17H,3-6H2,1-2H3,(H2,11,14)(H2,12,16). The van der Waals surface area contributed by atoms with E-state index in [1.165, 1.54) is 4.90 Å². The fraction of sp³-hybridized carbons (Fsp3) is 0.700. The average Bonchev–Trinajstić information content (AvgIpc) is 2.17. The molecule has 0 heterocycles. The first-order valence-electron chi connectivity index (χ1n) is 5.35. The molecule has 0 bridgehead atoms. The minimum absolute atomic E-state index is 0.445. The van der Waals surface area contributed by atoms with Gasteiger partial charge in [0.15, 0.2) is 5.60 Å². The molecule has 0 aromatic rings. The van der Waals surface area contributed by atoms with E-state index in [4.69, 9.17) is 11.5 Å². The summed E-state index contributed by atoms with van der Waals surface area (Å²) >= 11 is 0. The summed E-state index contributed by atoms with van der Waals surface area (Å²) in [6.07, 6.45) is -1.19. The van der Waals surface area contributed by atoms with Crippen LogP contribution >= 0.6 is 0 Å². The number of nitrogens with zero attached hydrogens (tertiary/aromatic N) is 1. The van der Waals surface area contributed by atoms with Crippen LogP contribution in [0.5, 0.6) is 0 Å². The number of hydrogen-bond acceptors (Lipinski definition) is 4. The summed E-state index contributed by atoms with van der Waals surface area (Å²) in [7, 11) is 0. The van der Waals surface area contributed by atoms with Crippen LogP contribution in [-0.4, -0.2) is 46.4 Å². The smallest absolute Gasteiger partial charge is 0.250 e. The lowest BCUT2D eigenvalue weighted by atomic mass is 9.93. The third-order valence-corrected chi connectivity index (χ3v) is 2.49. The molecule has 0 saturated carbocycles. The van der Waals surface area contributed by atoms with E-state index in [-0.39, 0.29) is 0 Å². The maximum atomic E-state index is 11.7. The van der Waals surface area contributed by atoms with Crippen molar-refractivity contribution >= 4 is 17.7 Å². The van der Waals surface area contributed by atoms with Crippen LogP contribution in [0.1, 0.15) is 26.7 Å². The Labute approximate surface area is 99.7 Å². The molecule has 0 saturated heterocycles. The Morgan fingerprint density at radius 3 is 1.88 bits per heavy atom. The Hall–Kier alpha value is -1.63. The second-order valence-electron chi connectivity index (χ2n) is 3.78. The van der Waals surface area contributed by atoms with Crippen molar-refractivity contribution in [3.63, 3.8) is 0 Å². The van der Waals surface area contributed by atoms with E-state index < -0.39 is 36.2 Å². The lowest BCUT2D eigenvalue weighted by molar-refractivity contribution is -0.149. The molecule has 0 radical (unpaired) electrons. The Bertz CT molecular complexity index is 315. The lowest BCUT2D eigenvalue weighted by Crippen LogP contribution is -2.50. The summed E-state index contributed by atoms with van der Waals surface area (Å²) in [5.41, 5.74) is 7.68. The van der Waals surface area contributed by atoms with Crippen molar-refractivity contribution in [3.8, 4) is 0 Å². The molecule has 1 unspecified atom stereocenters. The topological polar surface area (TPSA) is 127 Å². The van der Waals surface area contributed by atoms with Crippen molar-refractivity contribution < 1.29 is 19.5 Å². The Morgan fingerprint density at radius 2 is 1.59 bits per heavy atom. The molecule has 0 aliphatic rings. The van der Waals surface area contributed by atoms with Crippen molar-refractivity contribution in [1.29, 1.82) is 0 Å². The molecular formula is C10H19N3O4. The minimum Gasteiger partial charge on any atom is -0.379 e. The SMILES string of the molecule is CCN(CC)C(=O)CC(O)(CC(N)=O)C(N)=O. The molecule has 7 nitrogen and oxygen atoms in total. The van der Waals surface area contributed by atoms with E-state index in [1.807, 2.05) is 0 Å². The highest BCUT2D eigenvalue weighted by molar-refractivity contribution is 5.94. The van der Waals surface area contributed by atoms with Gasteiger partial charge in [0.2, 0.25) is 17.7 Å². The summed E-state index contributed by atoms with van der Waals surface area (Å²) in [5.74, 6) is -2.46. The van der Waals surface area contributed by atoms with Gasteiger partial charge in [-0.25, -0.2) is 0 Å². The van der Waals surface area contributed by atoms with Gasteiger partial charge in [0, 0.05) is 13.1 Å². The van der Waals surface area contributed by atoms with E-state index in [2.05, 4.69) is 0 Å². The zero-order valence-corrected chi connectivity index (χ0v) is 10.1. The van der Waals surface area contributed by atoms with E-state index in [1.54, 1.807) is 13.8 Å². The normalized spacial score (nSPS) is 13.8. The molecule has 0 aliphatic heterocycles. The molecule has 5 N–H and O–H groups in total. The molecule has 98 valence electrons. The highest BCUT2D eigenvalue weighted by Gasteiger charge is 2.39. The third kappa shape index (κ3) is 4.39. The zero-order chi connectivity index (χ0) is 13.6. The largest absolute Gasteiger partial charge is 0.379 e. The second-order valence-corrected chi connectivity index (χ2v) is 3.78. The van der Waals surface area contributed by atoms with Crippen molar-refractivity contribution in [1.82, 2.24) is 4.90 Å². The molecule has 0 aliphatic carbocycles. The molecule has 0 fully saturated rings. The Balaban J connectivity index is 4.82. The van der Waals surface area contributed by atoms with Crippen LogP contribution in [0.3, 0.4) is 0 Å². The molecule has 3 amide bonds. The monoisotopic (exact) mass is 245 g/mol. The average molecular weight is 245 g/mol. The highest BCUT2D eigenvalue weighted by atomic mass is 16.3. The molecule has 0 rings (SSSR count). The summed E-state index contributed by atoms with van der Waals surface area (Å²) < 4.78 is 0. The maximum Gasteiger partial charge on any atom is 0.250 e. The van der Waals surface area contributed by atoms with Gasteiger partial charge >= 0.3 is 0 Å². The minimum atomic E-state index is -2.20. The Morgan fingerprint density at radius 1 is 1.12 bits per heavy atom. The van der Waals surface area contributed by atoms with E-state index in [0.29, 0.717) is 13.1 Å². The number of rotatable bonds is 7. The number of amides is 3. The van der Waals surface area contributed by atoms with Crippen LogP contribution in [0.25, 0.3) is 0 Å². The zero-order valence-electron chi connectivity index (χ0n) is 10.1. The maximum absolute atomic E-state index is 11.7. The van der Waals surface area contributed by atoms with Crippen LogP contribution in [0.4, 0.5) is 0 Å². The van der Waals surface area contributed by atoms with Gasteiger partial charge in [-0.05, 0) is 13.8 Å². The summed E-state index contributed by atoms with van der Waals surface area (Å²) in [6, 6.07) is 0. The van der Waals surface area contributed by atoms with Crippen molar-refractivity contribution in [3.05, 3.63) is 0 Å². The van der Waals surface area contributed by atoms with Crippen LogP contribution in [0.15, 0.2) is 0 Å². The number of aliphatic hydroxyl groups is 1. The predicted molar refractivity (Wildman–Crippen MR) is 60.5 cm³/mol. The number of carbonyl (C=O) groups excluding carboxylic acids is 3. The van der Waals surface area contributed by atoms with Gasteiger partial charge in [-0.1, -0.05) is 0 Å². The Kier molecular flexibility index (Phi) is 5.60. The van der Waals surface area contributed by atoms with Gasteiger partial charge in [0.25, 0.3) is 0 Å². The van der Waals surface area contributed by atoms with Crippen molar-refractivity contribution in [2.75, 3.05) is 13.1 Å². The van der Waals surface area contributed by atoms with Crippen molar-refractivity contribution in [2.45, 2.75) is 32.3 Å². The second kappa shape index (κ2) is 6.19. The molecule has 17 heavy (non-hydrogen) atoms. The number of carbonyl (C=O) groups is 3. The lowest BCUT2D eigenvalue weighted by Gasteiger charge is -2.26. The van der Waals surface area contributed by atoms with Gasteiger partial charge in [0.05, 0.1) is 12.8 Å². The van der Waals surface area contributed by atoms with Gasteiger partial charge in [-0.2, -0.15) is 0 Å². The predicted octanol–water partition coefficient (Wildman–Crippen LogP) is -1.66. The van der Waals surface area contributed by atoms with Crippen LogP contribution in [-0.2, 0) is 14.4 Å². The first-order chi connectivity index (χ1) is 7.76. The first-order valence-corrected chi connectivity index (χ1v) is 5.35.